The fourth-order valence-corrected chi connectivity index (χ4v) is 6.86. The molecule has 39 heavy (non-hydrogen) atoms. The number of carbonyl (C=O) groups excluding carboxylic acids is 2. The summed E-state index contributed by atoms with van der Waals surface area (Å²) in [4.78, 5) is 30.9. The predicted octanol–water partition coefficient (Wildman–Crippen LogP) is 4.31. The molecule has 0 bridgehead atoms. The number of hydrogen-bond acceptors (Lipinski definition) is 6. The first-order chi connectivity index (χ1) is 18.8. The second kappa shape index (κ2) is 11.8. The van der Waals surface area contributed by atoms with Crippen LogP contribution in [0.4, 0.5) is 0 Å². The quantitative estimate of drug-likeness (QED) is 0.480. The molecule has 1 aromatic carbocycles. The van der Waals surface area contributed by atoms with E-state index < -0.39 is 0 Å². The minimum absolute atomic E-state index is 0.00995. The third-order valence-electron chi connectivity index (χ3n) is 8.75. The number of nitrogens with zero attached hydrogens (tertiary/aromatic N) is 5. The predicted molar refractivity (Wildman–Crippen MR) is 147 cm³/mol. The molecule has 2 aliphatic heterocycles. The highest BCUT2D eigenvalue weighted by Gasteiger charge is 2.41. The summed E-state index contributed by atoms with van der Waals surface area (Å²) >= 11 is 6.75. The van der Waals surface area contributed by atoms with Crippen molar-refractivity contribution in [3.8, 4) is 5.75 Å². The van der Waals surface area contributed by atoms with Crippen LogP contribution >= 0.6 is 11.6 Å². The minimum Gasteiger partial charge on any atom is -0.487 e. The number of aromatic nitrogens is 3. The van der Waals surface area contributed by atoms with Gasteiger partial charge in [0.1, 0.15) is 18.1 Å². The van der Waals surface area contributed by atoms with Crippen LogP contribution in [-0.2, 0) is 41.0 Å². The lowest BCUT2D eigenvalue weighted by Crippen LogP contribution is -2.49. The van der Waals surface area contributed by atoms with E-state index in [2.05, 4.69) is 24.2 Å². The average molecular weight is 558 g/mol. The first kappa shape index (κ1) is 27.9. The summed E-state index contributed by atoms with van der Waals surface area (Å²) in [6.45, 7) is 6.61. The van der Waals surface area contributed by atoms with Gasteiger partial charge in [-0.15, -0.1) is 5.10 Å². The zero-order valence-corrected chi connectivity index (χ0v) is 24.2. The standard InChI is InChI=1S/C29H40ClN5O4/c1-18-13-27(36)34(14-18)15-24-28-21(11-12-35(24)29(37)20-8-6-5-7-19(20)2)22(30)9-10-26(28)39-16-23-25(17-38-4)33(3)32-31-23/h9-10,18-20,24H,5-8,11-17H2,1-4H3/t18-,19+,20-,24-/m1/s1. The fraction of sp³-hybridized carbons (Fsp3) is 0.655. The molecule has 9 nitrogen and oxygen atoms in total. The van der Waals surface area contributed by atoms with E-state index in [-0.39, 0.29) is 30.4 Å². The third kappa shape index (κ3) is 5.66. The van der Waals surface area contributed by atoms with Gasteiger partial charge < -0.3 is 19.3 Å². The van der Waals surface area contributed by atoms with Gasteiger partial charge in [0, 0.05) is 56.7 Å². The van der Waals surface area contributed by atoms with Gasteiger partial charge in [-0.25, -0.2) is 4.68 Å². The van der Waals surface area contributed by atoms with Crippen molar-refractivity contribution in [1.82, 2.24) is 24.8 Å². The number of fused-ring (bicyclic) bond motifs is 1. The van der Waals surface area contributed by atoms with Crippen molar-refractivity contribution < 1.29 is 19.1 Å². The maximum Gasteiger partial charge on any atom is 0.226 e. The molecule has 2 aromatic rings. The van der Waals surface area contributed by atoms with Crippen LogP contribution in [-0.4, -0.2) is 63.4 Å². The van der Waals surface area contributed by atoms with Crippen LogP contribution in [0.1, 0.15) is 74.5 Å². The van der Waals surface area contributed by atoms with Crippen molar-refractivity contribution in [3.63, 3.8) is 0 Å². The molecular formula is C29H40ClN5O4. The van der Waals surface area contributed by atoms with E-state index in [1.54, 1.807) is 11.8 Å². The van der Waals surface area contributed by atoms with Crippen molar-refractivity contribution in [1.29, 1.82) is 0 Å². The molecule has 2 amide bonds. The summed E-state index contributed by atoms with van der Waals surface area (Å²) in [7, 11) is 3.46. The molecule has 5 rings (SSSR count). The van der Waals surface area contributed by atoms with Crippen LogP contribution in [0, 0.1) is 17.8 Å². The van der Waals surface area contributed by atoms with Crippen molar-refractivity contribution in [3.05, 3.63) is 39.7 Å². The summed E-state index contributed by atoms with van der Waals surface area (Å²) < 4.78 is 13.4. The van der Waals surface area contributed by atoms with Crippen LogP contribution < -0.4 is 4.74 Å². The van der Waals surface area contributed by atoms with Gasteiger partial charge in [0.2, 0.25) is 11.8 Å². The number of hydrogen-bond donors (Lipinski definition) is 0. The Bertz CT molecular complexity index is 1220. The lowest BCUT2D eigenvalue weighted by Gasteiger charge is -2.43. The van der Waals surface area contributed by atoms with Gasteiger partial charge in [0.15, 0.2) is 0 Å². The molecule has 0 N–H and O–H groups in total. The molecule has 2 fully saturated rings. The summed E-state index contributed by atoms with van der Waals surface area (Å²) in [6, 6.07) is 3.42. The molecule has 1 saturated carbocycles. The first-order valence-electron chi connectivity index (χ1n) is 14.2. The smallest absolute Gasteiger partial charge is 0.226 e. The van der Waals surface area contributed by atoms with E-state index in [4.69, 9.17) is 21.1 Å². The first-order valence-corrected chi connectivity index (χ1v) is 14.5. The second-order valence-corrected chi connectivity index (χ2v) is 11.9. The number of carbonyl (C=O) groups is 2. The molecule has 1 aliphatic carbocycles. The Balaban J connectivity index is 1.50. The molecule has 3 heterocycles. The number of benzene rings is 1. The van der Waals surface area contributed by atoms with Gasteiger partial charge in [0.05, 0.1) is 18.3 Å². The highest BCUT2D eigenvalue weighted by Crippen LogP contribution is 2.43. The SMILES string of the molecule is COCc1c(COc2ccc(Cl)c3c2[C@@H](CN2C[C@H](C)CC2=O)N(C(=O)[C@@H]2CCCC[C@@H]2C)CC3)nnn1C. The monoisotopic (exact) mass is 557 g/mol. The Labute approximate surface area is 235 Å². The fourth-order valence-electron chi connectivity index (χ4n) is 6.60. The number of aryl methyl sites for hydroxylation is 1. The highest BCUT2D eigenvalue weighted by atomic mass is 35.5. The van der Waals surface area contributed by atoms with E-state index in [0.29, 0.717) is 67.4 Å². The van der Waals surface area contributed by atoms with Gasteiger partial charge in [-0.05, 0) is 48.8 Å². The minimum atomic E-state index is -0.321. The molecule has 0 spiro atoms. The molecule has 10 heteroatoms. The van der Waals surface area contributed by atoms with E-state index >= 15 is 0 Å². The molecule has 4 atom stereocenters. The molecule has 1 saturated heterocycles. The van der Waals surface area contributed by atoms with Crippen LogP contribution in [0.15, 0.2) is 12.1 Å². The van der Waals surface area contributed by atoms with E-state index in [9.17, 15) is 9.59 Å². The van der Waals surface area contributed by atoms with E-state index in [1.165, 1.54) is 6.42 Å². The van der Waals surface area contributed by atoms with Crippen LogP contribution in [0.25, 0.3) is 0 Å². The Morgan fingerprint density at radius 3 is 2.69 bits per heavy atom. The lowest BCUT2D eigenvalue weighted by atomic mass is 9.78. The van der Waals surface area contributed by atoms with Gasteiger partial charge in [-0.1, -0.05) is 43.5 Å². The number of likely N-dealkylation sites (tertiary alicyclic amines) is 1. The summed E-state index contributed by atoms with van der Waals surface area (Å²) in [6.07, 6.45) is 5.46. The number of methoxy groups -OCH3 is 1. The summed E-state index contributed by atoms with van der Waals surface area (Å²) in [5.41, 5.74) is 3.45. The van der Waals surface area contributed by atoms with Gasteiger partial charge in [-0.3, -0.25) is 9.59 Å². The molecule has 212 valence electrons. The van der Waals surface area contributed by atoms with Crippen molar-refractivity contribution in [2.75, 3.05) is 26.7 Å². The van der Waals surface area contributed by atoms with Crippen LogP contribution in [0.2, 0.25) is 5.02 Å². The summed E-state index contributed by atoms with van der Waals surface area (Å²) in [5.74, 6) is 1.67. The Hall–Kier alpha value is -2.65. The normalized spacial score (nSPS) is 25.2. The number of halogens is 1. The van der Waals surface area contributed by atoms with Crippen molar-refractivity contribution in [2.45, 2.75) is 71.6 Å². The average Bonchev–Trinajstić information content (AvgIpc) is 3.43. The maximum atomic E-state index is 14.1. The van der Waals surface area contributed by atoms with Crippen LogP contribution in [0.3, 0.4) is 0 Å². The van der Waals surface area contributed by atoms with E-state index in [1.807, 2.05) is 29.0 Å². The van der Waals surface area contributed by atoms with Gasteiger partial charge in [-0.2, -0.15) is 0 Å². The van der Waals surface area contributed by atoms with E-state index in [0.717, 1.165) is 36.1 Å². The maximum absolute atomic E-state index is 14.1. The zero-order chi connectivity index (χ0) is 27.7. The van der Waals surface area contributed by atoms with Gasteiger partial charge in [0.25, 0.3) is 0 Å². The van der Waals surface area contributed by atoms with Crippen molar-refractivity contribution in [2.24, 2.45) is 24.8 Å². The number of ether oxygens (including phenoxy) is 2. The molecular weight excluding hydrogens is 518 g/mol. The number of rotatable bonds is 8. The Morgan fingerprint density at radius 1 is 1.18 bits per heavy atom. The number of amides is 2. The summed E-state index contributed by atoms with van der Waals surface area (Å²) in [5, 5.41) is 9.07. The molecule has 1 aromatic heterocycles. The zero-order valence-electron chi connectivity index (χ0n) is 23.5. The second-order valence-electron chi connectivity index (χ2n) is 11.5. The van der Waals surface area contributed by atoms with Crippen molar-refractivity contribution >= 4 is 23.4 Å². The highest BCUT2D eigenvalue weighted by molar-refractivity contribution is 6.31. The molecule has 3 aliphatic rings. The van der Waals surface area contributed by atoms with Crippen LogP contribution in [0.5, 0.6) is 5.75 Å². The van der Waals surface area contributed by atoms with Gasteiger partial charge >= 0.3 is 0 Å². The lowest BCUT2D eigenvalue weighted by molar-refractivity contribution is -0.143. The largest absolute Gasteiger partial charge is 0.487 e. The Morgan fingerprint density at radius 2 is 1.97 bits per heavy atom. The third-order valence-corrected chi connectivity index (χ3v) is 9.11. The molecule has 0 unspecified atom stereocenters. The topological polar surface area (TPSA) is 89.8 Å². The molecule has 0 radical (unpaired) electrons. The Kier molecular flexibility index (Phi) is 8.47.